The molecule has 0 aliphatic heterocycles. The van der Waals surface area contributed by atoms with Gasteiger partial charge in [-0.15, -0.1) is 0 Å². The normalized spacial score (nSPS) is 9.96. The Hall–Kier alpha value is -2.60. The second-order valence-corrected chi connectivity index (χ2v) is 5.82. The molecule has 1 amide bonds. The van der Waals surface area contributed by atoms with Crippen LogP contribution in [0.2, 0.25) is 0 Å². The Labute approximate surface area is 147 Å². The first-order chi connectivity index (χ1) is 11.5. The molecule has 0 saturated heterocycles. The van der Waals surface area contributed by atoms with E-state index in [0.717, 1.165) is 22.7 Å². The Morgan fingerprint density at radius 2 is 1.83 bits per heavy atom. The summed E-state index contributed by atoms with van der Waals surface area (Å²) in [5, 5.41) is 6.40. The highest BCUT2D eigenvalue weighted by atomic mass is 32.1. The van der Waals surface area contributed by atoms with E-state index in [1.807, 2.05) is 55.5 Å². The van der Waals surface area contributed by atoms with Gasteiger partial charge >= 0.3 is 0 Å². The van der Waals surface area contributed by atoms with E-state index in [1.54, 1.807) is 19.1 Å². The third-order valence-electron chi connectivity index (χ3n) is 3.38. The van der Waals surface area contributed by atoms with Gasteiger partial charge in [-0.25, -0.2) is 0 Å². The van der Waals surface area contributed by atoms with Gasteiger partial charge in [-0.1, -0.05) is 23.8 Å². The maximum absolute atomic E-state index is 12.1. The zero-order valence-corrected chi connectivity index (χ0v) is 14.8. The summed E-state index contributed by atoms with van der Waals surface area (Å²) in [5.41, 5.74) is 2.73. The van der Waals surface area contributed by atoms with Crippen LogP contribution in [0.25, 0.3) is 0 Å². The predicted molar refractivity (Wildman–Crippen MR) is 102 cm³/mol. The smallest absolute Gasteiger partial charge is 0.243 e. The number of anilines is 2. The van der Waals surface area contributed by atoms with Crippen molar-refractivity contribution in [2.24, 2.45) is 0 Å². The van der Waals surface area contributed by atoms with E-state index in [0.29, 0.717) is 5.11 Å². The summed E-state index contributed by atoms with van der Waals surface area (Å²) in [4.78, 5) is 13.8. The van der Waals surface area contributed by atoms with Gasteiger partial charge in [0, 0.05) is 24.5 Å². The molecule has 0 saturated carbocycles. The standard InChI is InChI=1S/C18H21N3O2S/c1-13-7-9-14(10-8-13)19-17(22)12-21(2)18(24)20-15-5-4-6-16(11-15)23-3/h4-11H,12H2,1-3H3,(H,19,22)(H,20,24). The first-order valence-electron chi connectivity index (χ1n) is 7.50. The van der Waals surface area contributed by atoms with Crippen molar-refractivity contribution in [1.82, 2.24) is 4.90 Å². The SMILES string of the molecule is COc1cccc(NC(=S)N(C)CC(=O)Nc2ccc(C)cc2)c1. The molecule has 0 spiro atoms. The highest BCUT2D eigenvalue weighted by Gasteiger charge is 2.10. The summed E-state index contributed by atoms with van der Waals surface area (Å²) in [7, 11) is 3.38. The number of nitrogens with one attached hydrogen (secondary N) is 2. The minimum atomic E-state index is -0.129. The third kappa shape index (κ3) is 5.24. The fraction of sp³-hybridized carbons (Fsp3) is 0.222. The Morgan fingerprint density at radius 1 is 1.12 bits per heavy atom. The summed E-state index contributed by atoms with van der Waals surface area (Å²) in [6.07, 6.45) is 0. The van der Waals surface area contributed by atoms with Gasteiger partial charge < -0.3 is 20.3 Å². The van der Waals surface area contributed by atoms with E-state index in [-0.39, 0.29) is 12.5 Å². The maximum atomic E-state index is 12.1. The quantitative estimate of drug-likeness (QED) is 0.816. The van der Waals surface area contributed by atoms with E-state index in [9.17, 15) is 4.79 Å². The number of rotatable bonds is 5. The van der Waals surface area contributed by atoms with Crippen LogP contribution in [0.5, 0.6) is 5.75 Å². The van der Waals surface area contributed by atoms with Crippen LogP contribution in [0.15, 0.2) is 48.5 Å². The van der Waals surface area contributed by atoms with E-state index in [1.165, 1.54) is 0 Å². The van der Waals surface area contributed by atoms with Crippen LogP contribution in [0.1, 0.15) is 5.56 Å². The van der Waals surface area contributed by atoms with Crippen molar-refractivity contribution in [3.05, 3.63) is 54.1 Å². The molecule has 0 fully saturated rings. The number of ether oxygens (including phenoxy) is 1. The van der Waals surface area contributed by atoms with Crippen molar-refractivity contribution in [2.45, 2.75) is 6.92 Å². The van der Waals surface area contributed by atoms with Crippen molar-refractivity contribution >= 4 is 34.6 Å². The summed E-state index contributed by atoms with van der Waals surface area (Å²) in [6.45, 7) is 2.16. The lowest BCUT2D eigenvalue weighted by Gasteiger charge is -2.20. The van der Waals surface area contributed by atoms with Gasteiger partial charge in [0.25, 0.3) is 0 Å². The highest BCUT2D eigenvalue weighted by Crippen LogP contribution is 2.17. The second-order valence-electron chi connectivity index (χ2n) is 5.43. The van der Waals surface area contributed by atoms with Crippen molar-refractivity contribution in [1.29, 1.82) is 0 Å². The molecule has 0 aromatic heterocycles. The zero-order chi connectivity index (χ0) is 17.5. The number of nitrogens with zero attached hydrogens (tertiary/aromatic N) is 1. The van der Waals surface area contributed by atoms with Gasteiger partial charge in [-0.3, -0.25) is 4.79 Å². The lowest BCUT2D eigenvalue weighted by molar-refractivity contribution is -0.116. The molecule has 0 aliphatic rings. The topological polar surface area (TPSA) is 53.6 Å². The van der Waals surface area contributed by atoms with Gasteiger partial charge in [0.2, 0.25) is 5.91 Å². The number of hydrogen-bond acceptors (Lipinski definition) is 3. The van der Waals surface area contributed by atoms with E-state index in [2.05, 4.69) is 10.6 Å². The number of hydrogen-bond donors (Lipinski definition) is 2. The van der Waals surface area contributed by atoms with E-state index < -0.39 is 0 Å². The first kappa shape index (κ1) is 17.7. The number of amides is 1. The van der Waals surface area contributed by atoms with E-state index in [4.69, 9.17) is 17.0 Å². The summed E-state index contributed by atoms with van der Waals surface area (Å²) < 4.78 is 5.18. The van der Waals surface area contributed by atoms with Crippen LogP contribution in [-0.2, 0) is 4.79 Å². The van der Waals surface area contributed by atoms with Crippen LogP contribution in [0, 0.1) is 6.92 Å². The van der Waals surface area contributed by atoms with Crippen molar-refractivity contribution in [3.63, 3.8) is 0 Å². The lowest BCUT2D eigenvalue weighted by atomic mass is 10.2. The van der Waals surface area contributed by atoms with Gasteiger partial charge in [0.1, 0.15) is 5.75 Å². The van der Waals surface area contributed by atoms with Crippen LogP contribution in [0.3, 0.4) is 0 Å². The fourth-order valence-electron chi connectivity index (χ4n) is 2.04. The van der Waals surface area contributed by atoms with Crippen LogP contribution < -0.4 is 15.4 Å². The molecule has 0 radical (unpaired) electrons. The van der Waals surface area contributed by atoms with Crippen LogP contribution in [0.4, 0.5) is 11.4 Å². The van der Waals surface area contributed by atoms with Gasteiger partial charge in [0.05, 0.1) is 13.7 Å². The molecule has 5 nitrogen and oxygen atoms in total. The number of aryl methyl sites for hydroxylation is 1. The average Bonchev–Trinajstić information content (AvgIpc) is 2.57. The Bertz CT molecular complexity index is 716. The number of methoxy groups -OCH3 is 1. The molecule has 0 bridgehead atoms. The average molecular weight is 343 g/mol. The monoisotopic (exact) mass is 343 g/mol. The molecule has 24 heavy (non-hydrogen) atoms. The second kappa shape index (κ2) is 8.31. The molecule has 126 valence electrons. The van der Waals surface area contributed by atoms with Crippen LogP contribution in [-0.4, -0.2) is 36.6 Å². The highest BCUT2D eigenvalue weighted by molar-refractivity contribution is 7.80. The van der Waals surface area contributed by atoms with Gasteiger partial charge in [0.15, 0.2) is 5.11 Å². The van der Waals surface area contributed by atoms with Gasteiger partial charge in [-0.2, -0.15) is 0 Å². The molecule has 0 unspecified atom stereocenters. The summed E-state index contributed by atoms with van der Waals surface area (Å²) in [5.74, 6) is 0.610. The number of thiocarbonyl (C=S) groups is 1. The number of carbonyl (C=O) groups excluding carboxylic acids is 1. The molecule has 0 atom stereocenters. The number of likely N-dealkylation sites (N-methyl/N-ethyl adjacent to an activating group) is 1. The zero-order valence-electron chi connectivity index (χ0n) is 14.0. The first-order valence-corrected chi connectivity index (χ1v) is 7.91. The Kier molecular flexibility index (Phi) is 6.14. The number of carbonyl (C=O) groups is 1. The molecule has 2 N–H and O–H groups in total. The Morgan fingerprint density at radius 3 is 2.50 bits per heavy atom. The third-order valence-corrected chi connectivity index (χ3v) is 3.80. The Balaban J connectivity index is 1.88. The van der Waals surface area contributed by atoms with Crippen molar-refractivity contribution in [2.75, 3.05) is 31.3 Å². The van der Waals surface area contributed by atoms with Crippen molar-refractivity contribution in [3.8, 4) is 5.75 Å². The minimum Gasteiger partial charge on any atom is -0.497 e. The molecule has 0 heterocycles. The molecule has 2 rings (SSSR count). The molecular weight excluding hydrogens is 322 g/mol. The fourth-order valence-corrected chi connectivity index (χ4v) is 2.23. The number of benzene rings is 2. The molecule has 2 aromatic rings. The molecular formula is C18H21N3O2S. The predicted octanol–water partition coefficient (Wildman–Crippen LogP) is 3.27. The van der Waals surface area contributed by atoms with Gasteiger partial charge in [-0.05, 0) is 43.4 Å². The largest absolute Gasteiger partial charge is 0.497 e. The molecule has 6 heteroatoms. The molecule has 2 aromatic carbocycles. The lowest BCUT2D eigenvalue weighted by Crippen LogP contribution is -2.37. The summed E-state index contributed by atoms with van der Waals surface area (Å²) >= 11 is 5.33. The van der Waals surface area contributed by atoms with E-state index >= 15 is 0 Å². The summed E-state index contributed by atoms with van der Waals surface area (Å²) in [6, 6.07) is 15.1. The minimum absolute atomic E-state index is 0.129. The van der Waals surface area contributed by atoms with Crippen molar-refractivity contribution < 1.29 is 9.53 Å². The molecule has 0 aliphatic carbocycles. The van der Waals surface area contributed by atoms with Crippen LogP contribution >= 0.6 is 12.2 Å². The maximum Gasteiger partial charge on any atom is 0.243 e.